The molecule has 0 aliphatic rings. The number of hydrogen-bond donors (Lipinski definition) is 3. The third kappa shape index (κ3) is 43.2. The monoisotopic (exact) mass is 326 g/mol. The lowest BCUT2D eigenvalue weighted by molar-refractivity contribution is -0.220. The quantitative estimate of drug-likeness (QED) is 0.218. The molecule has 1 amide bonds. The first-order valence-corrected chi connectivity index (χ1v) is 7.74. The molecule has 0 aromatic carbocycles. The third-order valence-electron chi connectivity index (χ3n) is 2.18. The highest BCUT2D eigenvalue weighted by Gasteiger charge is 1.94. The van der Waals surface area contributed by atoms with Gasteiger partial charge in [0.15, 0.2) is 0 Å². The highest BCUT2D eigenvalue weighted by Crippen LogP contribution is 2.09. The summed E-state index contributed by atoms with van der Waals surface area (Å²) in [5, 5.41) is -0.710. The van der Waals surface area contributed by atoms with E-state index >= 15 is 0 Å². The first kappa shape index (κ1) is 24.5. The maximum atomic E-state index is 9.09. The van der Waals surface area contributed by atoms with E-state index in [4.69, 9.17) is 10.5 Å². The molecule has 1 unspecified atom stereocenters. The van der Waals surface area contributed by atoms with E-state index in [1.807, 2.05) is 6.92 Å². The topological polar surface area (TPSA) is 87.6 Å². The van der Waals surface area contributed by atoms with Crippen LogP contribution in [0.15, 0.2) is 0 Å². The molecule has 0 fully saturated rings. The summed E-state index contributed by atoms with van der Waals surface area (Å²) in [7, 11) is 0. The molecule has 0 aromatic rings. The Kier molecular flexibility index (Phi) is 25.4. The van der Waals surface area contributed by atoms with Gasteiger partial charge >= 0.3 is 0 Å². The van der Waals surface area contributed by atoms with E-state index in [9.17, 15) is 0 Å². The molecule has 0 spiro atoms. The van der Waals surface area contributed by atoms with Crippen LogP contribution >= 0.6 is 24.8 Å². The number of carbonyl (C=O) groups is 1. The van der Waals surface area contributed by atoms with Gasteiger partial charge in [-0.15, -0.1) is 0 Å². The van der Waals surface area contributed by atoms with E-state index in [0.29, 0.717) is 6.61 Å². The second kappa shape index (κ2) is 20.8. The number of primary amides is 1. The van der Waals surface area contributed by atoms with Crippen LogP contribution in [0.5, 0.6) is 0 Å². The highest BCUT2D eigenvalue weighted by atomic mass is 32.1. The van der Waals surface area contributed by atoms with Gasteiger partial charge in [-0.3, -0.25) is 4.79 Å². The second-order valence-electron chi connectivity index (χ2n) is 4.22. The van der Waals surface area contributed by atoms with E-state index in [0.717, 1.165) is 12.3 Å². The summed E-state index contributed by atoms with van der Waals surface area (Å²) < 4.78 is 0. The summed E-state index contributed by atoms with van der Waals surface area (Å²) >= 11 is 7.44. The van der Waals surface area contributed by atoms with E-state index in [-0.39, 0.29) is 5.17 Å². The molecule has 0 rings (SSSR count). The Balaban J connectivity index is -0.000000230. The zero-order valence-electron chi connectivity index (χ0n) is 13.1. The second-order valence-corrected chi connectivity index (χ2v) is 5.06. The molecule has 0 heterocycles. The van der Waals surface area contributed by atoms with Crippen molar-refractivity contribution in [3.8, 4) is 0 Å². The van der Waals surface area contributed by atoms with Crippen molar-refractivity contribution in [2.24, 2.45) is 17.4 Å². The molecule has 0 aromatic heterocycles. The van der Waals surface area contributed by atoms with E-state index < -0.39 is 5.24 Å². The van der Waals surface area contributed by atoms with Crippen molar-refractivity contribution >= 4 is 35.3 Å². The fraction of sp³-hybridized carbons (Fsp3) is 0.846. The summed E-state index contributed by atoms with van der Waals surface area (Å²) in [5.41, 5.74) is 9.25. The number of carbonyl (C=O) groups excluding carboxylic acids is 1. The number of hydrogen-bond acceptors (Lipinski definition) is 4. The molecule has 7 heteroatoms. The third-order valence-corrected chi connectivity index (χ3v) is 2.24. The summed E-state index contributed by atoms with van der Waals surface area (Å²) in [6.45, 7) is 9.33. The standard InChI is InChI=1S/C8H18.C4H9NO2S.CH3NOS/c1-4-6-7-8(3)5-2;1-2-3-6-7-4(5)8;2-1(3)4/h8H,4-7H2,1-3H3;2-3H2,1H3,(H2,5,8);(H3,2,3,4). The SMILES string of the molecule is CCCCC(C)CC.CCCOOC(N)=S.NC(=O)S. The van der Waals surface area contributed by atoms with Crippen LogP contribution in [0.3, 0.4) is 0 Å². The number of thiol groups is 1. The molecule has 20 heavy (non-hydrogen) atoms. The molecule has 1 atom stereocenters. The Morgan fingerprint density at radius 2 is 1.75 bits per heavy atom. The van der Waals surface area contributed by atoms with Crippen molar-refractivity contribution in [3.63, 3.8) is 0 Å². The molecule has 0 radical (unpaired) electrons. The molecule has 0 aliphatic heterocycles. The minimum atomic E-state index is -0.639. The Labute approximate surface area is 134 Å². The lowest BCUT2D eigenvalue weighted by Crippen LogP contribution is -2.13. The lowest BCUT2D eigenvalue weighted by Gasteiger charge is -2.04. The summed E-state index contributed by atoms with van der Waals surface area (Å²) in [6, 6.07) is 0. The van der Waals surface area contributed by atoms with Gasteiger partial charge in [0.25, 0.3) is 10.4 Å². The molecule has 0 saturated heterocycles. The van der Waals surface area contributed by atoms with Gasteiger partial charge in [-0.2, -0.15) is 4.89 Å². The summed E-state index contributed by atoms with van der Waals surface area (Å²) in [4.78, 5) is 17.9. The van der Waals surface area contributed by atoms with Crippen LogP contribution in [0.25, 0.3) is 0 Å². The van der Waals surface area contributed by atoms with Crippen LogP contribution in [0.1, 0.15) is 59.8 Å². The highest BCUT2D eigenvalue weighted by molar-refractivity contribution is 7.96. The molecule has 122 valence electrons. The average molecular weight is 327 g/mol. The Hall–Kier alpha value is -0.530. The first-order valence-electron chi connectivity index (χ1n) is 6.88. The molecule has 5 nitrogen and oxygen atoms in total. The van der Waals surface area contributed by atoms with Gasteiger partial charge < -0.3 is 16.4 Å². The van der Waals surface area contributed by atoms with Crippen LogP contribution in [-0.4, -0.2) is 17.0 Å². The summed E-state index contributed by atoms with van der Waals surface area (Å²) in [5.74, 6) is 0.954. The predicted molar refractivity (Wildman–Crippen MR) is 91.7 cm³/mol. The molecular formula is C13H30N2O3S2. The first-order chi connectivity index (χ1) is 9.31. The number of rotatable bonds is 7. The Morgan fingerprint density at radius 3 is 2.05 bits per heavy atom. The number of nitrogens with two attached hydrogens (primary N) is 2. The van der Waals surface area contributed by atoms with Crippen LogP contribution in [0, 0.1) is 5.92 Å². The van der Waals surface area contributed by atoms with Crippen LogP contribution in [-0.2, 0) is 9.78 Å². The van der Waals surface area contributed by atoms with Crippen LogP contribution < -0.4 is 11.5 Å². The van der Waals surface area contributed by atoms with Gasteiger partial charge in [0.2, 0.25) is 0 Å². The van der Waals surface area contributed by atoms with Gasteiger partial charge in [-0.25, -0.2) is 0 Å². The average Bonchev–Trinajstić information content (AvgIpc) is 2.36. The fourth-order valence-electron chi connectivity index (χ4n) is 0.940. The zero-order valence-corrected chi connectivity index (χ0v) is 14.8. The minimum Gasteiger partial charge on any atom is -0.361 e. The minimum absolute atomic E-state index is 0.0709. The van der Waals surface area contributed by atoms with Crippen molar-refractivity contribution < 1.29 is 14.6 Å². The zero-order chi connectivity index (χ0) is 16.4. The lowest BCUT2D eigenvalue weighted by atomic mass is 10.0. The maximum Gasteiger partial charge on any atom is 0.294 e. The van der Waals surface area contributed by atoms with Gasteiger partial charge in [0.1, 0.15) is 0 Å². The molecule has 0 bridgehead atoms. The van der Waals surface area contributed by atoms with Gasteiger partial charge in [0.05, 0.1) is 6.61 Å². The number of thiocarbonyl (C=S) groups is 1. The Bertz CT molecular complexity index is 226. The van der Waals surface area contributed by atoms with Gasteiger partial charge in [-0.1, -0.05) is 66.0 Å². The largest absolute Gasteiger partial charge is 0.361 e. The van der Waals surface area contributed by atoms with Crippen molar-refractivity contribution in [3.05, 3.63) is 0 Å². The van der Waals surface area contributed by atoms with Crippen molar-refractivity contribution in [2.45, 2.75) is 59.8 Å². The Morgan fingerprint density at radius 1 is 1.25 bits per heavy atom. The normalized spacial score (nSPS) is 10.2. The van der Waals surface area contributed by atoms with Crippen LogP contribution in [0.4, 0.5) is 4.79 Å². The molecule has 0 saturated carbocycles. The van der Waals surface area contributed by atoms with Gasteiger partial charge in [-0.05, 0) is 24.6 Å². The molecular weight excluding hydrogens is 296 g/mol. The van der Waals surface area contributed by atoms with Crippen LogP contribution in [0.2, 0.25) is 0 Å². The number of amides is 1. The van der Waals surface area contributed by atoms with E-state index in [1.165, 1.54) is 25.7 Å². The fourth-order valence-corrected chi connectivity index (χ4v) is 0.988. The maximum absolute atomic E-state index is 9.09. The van der Waals surface area contributed by atoms with Gasteiger partial charge in [0, 0.05) is 0 Å². The summed E-state index contributed by atoms with van der Waals surface area (Å²) in [6.07, 6.45) is 6.43. The van der Waals surface area contributed by atoms with E-state index in [2.05, 4.69) is 61.1 Å². The van der Waals surface area contributed by atoms with Crippen molar-refractivity contribution in [1.29, 1.82) is 0 Å². The molecule has 4 N–H and O–H groups in total. The number of unbranched alkanes of at least 4 members (excludes halogenated alkanes) is 1. The predicted octanol–water partition coefficient (Wildman–Crippen LogP) is 3.81. The van der Waals surface area contributed by atoms with Crippen molar-refractivity contribution in [2.75, 3.05) is 6.61 Å². The molecule has 0 aliphatic carbocycles. The van der Waals surface area contributed by atoms with E-state index in [1.54, 1.807) is 0 Å². The smallest absolute Gasteiger partial charge is 0.294 e. The van der Waals surface area contributed by atoms with Crippen molar-refractivity contribution in [1.82, 2.24) is 0 Å².